The minimum Gasteiger partial charge on any atom is -0.381 e. The average molecular weight is 412 g/mol. The maximum Gasteiger partial charge on any atom is 0.178 e. The van der Waals surface area contributed by atoms with Gasteiger partial charge in [0, 0.05) is 10.6 Å². The number of hydrogen-bond acceptors (Lipinski definition) is 4. The maximum absolute atomic E-state index is 12.1. The first-order valence-electron chi connectivity index (χ1n) is 5.39. The van der Waals surface area contributed by atoms with Crippen LogP contribution in [0.4, 0.5) is 5.82 Å². The van der Waals surface area contributed by atoms with Gasteiger partial charge in [-0.25, -0.2) is 8.42 Å². The molecule has 8 heteroatoms. The summed E-state index contributed by atoms with van der Waals surface area (Å²) in [5, 5.41) is 7.08. The minimum absolute atomic E-state index is 0.0157. The van der Waals surface area contributed by atoms with Gasteiger partial charge in [0.15, 0.2) is 15.7 Å². The molecule has 1 aromatic heterocycles. The lowest BCUT2D eigenvalue weighted by atomic mass is 10.1. The van der Waals surface area contributed by atoms with Crippen LogP contribution in [0.15, 0.2) is 23.1 Å². The first-order chi connectivity index (χ1) is 8.86. The summed E-state index contributed by atoms with van der Waals surface area (Å²) >= 11 is 7.97. The van der Waals surface area contributed by atoms with Gasteiger partial charge in [-0.1, -0.05) is 18.5 Å². The van der Waals surface area contributed by atoms with Crippen molar-refractivity contribution in [3.05, 3.63) is 26.8 Å². The average Bonchev–Trinajstić information content (AvgIpc) is 2.69. The highest BCUT2D eigenvalue weighted by molar-refractivity contribution is 14.1. The van der Waals surface area contributed by atoms with Crippen molar-refractivity contribution in [2.45, 2.75) is 11.8 Å². The van der Waals surface area contributed by atoms with Crippen LogP contribution in [0.2, 0.25) is 5.02 Å². The van der Waals surface area contributed by atoms with E-state index in [0.717, 1.165) is 0 Å². The van der Waals surface area contributed by atoms with Crippen molar-refractivity contribution >= 4 is 49.8 Å². The number of nitrogens with one attached hydrogen (secondary N) is 1. The van der Waals surface area contributed by atoms with E-state index in [2.05, 4.69) is 10.2 Å². The molecular weight excluding hydrogens is 401 g/mol. The summed E-state index contributed by atoms with van der Waals surface area (Å²) in [5.74, 6) is 0.345. The number of hydrogen-bond donors (Lipinski definition) is 2. The molecule has 102 valence electrons. The van der Waals surface area contributed by atoms with E-state index in [1.165, 1.54) is 6.07 Å². The minimum atomic E-state index is -3.35. The van der Waals surface area contributed by atoms with Gasteiger partial charge in [-0.15, -0.1) is 0 Å². The Hall–Kier alpha value is -0.800. The van der Waals surface area contributed by atoms with E-state index in [9.17, 15) is 8.42 Å². The molecular formula is C11H11ClIN3O2S. The summed E-state index contributed by atoms with van der Waals surface area (Å²) in [5.41, 5.74) is 6.73. The second-order valence-electron chi connectivity index (χ2n) is 3.84. The van der Waals surface area contributed by atoms with Crippen molar-refractivity contribution in [2.75, 3.05) is 11.5 Å². The topological polar surface area (TPSA) is 88.8 Å². The van der Waals surface area contributed by atoms with Crippen LogP contribution >= 0.6 is 34.2 Å². The van der Waals surface area contributed by atoms with Gasteiger partial charge in [-0.3, -0.25) is 5.10 Å². The monoisotopic (exact) mass is 411 g/mol. The number of rotatable bonds is 3. The number of benzene rings is 1. The van der Waals surface area contributed by atoms with E-state index in [1.807, 2.05) is 22.6 Å². The van der Waals surface area contributed by atoms with E-state index in [-0.39, 0.29) is 10.6 Å². The second kappa shape index (κ2) is 5.29. The van der Waals surface area contributed by atoms with Gasteiger partial charge in [0.05, 0.1) is 19.9 Å². The lowest BCUT2D eigenvalue weighted by Crippen LogP contribution is -2.06. The van der Waals surface area contributed by atoms with Crippen molar-refractivity contribution in [1.82, 2.24) is 10.2 Å². The van der Waals surface area contributed by atoms with Gasteiger partial charge < -0.3 is 5.73 Å². The third kappa shape index (κ3) is 2.72. The normalized spacial score (nSPS) is 11.7. The number of halogens is 2. The molecule has 0 atom stereocenters. The van der Waals surface area contributed by atoms with E-state index >= 15 is 0 Å². The Morgan fingerprint density at radius 1 is 1.47 bits per heavy atom. The molecule has 0 saturated heterocycles. The van der Waals surface area contributed by atoms with Gasteiger partial charge in [-0.2, -0.15) is 5.10 Å². The number of H-pyrrole nitrogens is 1. The van der Waals surface area contributed by atoms with Crippen LogP contribution in [0.1, 0.15) is 6.92 Å². The highest BCUT2D eigenvalue weighted by Crippen LogP contribution is 2.33. The van der Waals surface area contributed by atoms with Crippen LogP contribution in [-0.2, 0) is 9.84 Å². The summed E-state index contributed by atoms with van der Waals surface area (Å²) in [6.07, 6.45) is 0. The summed E-state index contributed by atoms with van der Waals surface area (Å²) in [4.78, 5) is 0.223. The SMILES string of the molecule is CCS(=O)(=O)c1ccc(Cl)cc1-c1[nH]nc(N)c1I. The highest BCUT2D eigenvalue weighted by atomic mass is 127. The summed E-state index contributed by atoms with van der Waals surface area (Å²) < 4.78 is 24.9. The van der Waals surface area contributed by atoms with Crippen LogP contribution in [0, 0.1) is 3.57 Å². The van der Waals surface area contributed by atoms with Crippen molar-refractivity contribution in [3.8, 4) is 11.3 Å². The van der Waals surface area contributed by atoms with Crippen LogP contribution < -0.4 is 5.73 Å². The molecule has 0 unspecified atom stereocenters. The Bertz CT molecular complexity index is 728. The molecule has 0 aliphatic rings. The van der Waals surface area contributed by atoms with Gasteiger partial charge in [-0.05, 0) is 40.8 Å². The number of sulfone groups is 1. The first kappa shape index (κ1) is 14.6. The molecule has 2 aromatic rings. The number of aromatic nitrogens is 2. The second-order valence-corrected chi connectivity index (χ2v) is 7.60. The fourth-order valence-corrected chi connectivity index (χ4v) is 3.43. The number of nitrogens with two attached hydrogens (primary N) is 1. The number of aromatic amines is 1. The summed E-state index contributed by atoms with van der Waals surface area (Å²) in [7, 11) is -3.35. The fourth-order valence-electron chi connectivity index (χ4n) is 1.65. The molecule has 2 rings (SSSR count). The Labute approximate surface area is 129 Å². The molecule has 0 fully saturated rings. The van der Waals surface area contributed by atoms with Crippen molar-refractivity contribution in [1.29, 1.82) is 0 Å². The van der Waals surface area contributed by atoms with E-state index in [0.29, 0.717) is 25.7 Å². The number of anilines is 1. The standard InChI is InChI=1S/C11H11ClIN3O2S/c1-2-19(17,18)8-4-3-6(12)5-7(8)10-9(13)11(14)16-15-10/h3-5H,2H2,1H3,(H3,14,15,16). The molecule has 0 radical (unpaired) electrons. The Kier molecular flexibility index (Phi) is 4.07. The summed E-state index contributed by atoms with van der Waals surface area (Å²) in [6.45, 7) is 1.60. The Morgan fingerprint density at radius 3 is 2.68 bits per heavy atom. The quantitative estimate of drug-likeness (QED) is 0.760. The lowest BCUT2D eigenvalue weighted by Gasteiger charge is -2.09. The molecule has 0 aliphatic carbocycles. The van der Waals surface area contributed by atoms with Crippen LogP contribution in [0.25, 0.3) is 11.3 Å². The molecule has 1 heterocycles. The van der Waals surface area contributed by atoms with E-state index in [4.69, 9.17) is 17.3 Å². The zero-order valence-electron chi connectivity index (χ0n) is 9.94. The molecule has 0 aliphatic heterocycles. The largest absolute Gasteiger partial charge is 0.381 e. The molecule has 5 nitrogen and oxygen atoms in total. The summed E-state index contributed by atoms with van der Waals surface area (Å²) in [6, 6.07) is 4.66. The number of nitrogens with zero attached hydrogens (tertiary/aromatic N) is 1. The third-order valence-corrected chi connectivity index (χ3v) is 5.77. The molecule has 0 spiro atoms. The highest BCUT2D eigenvalue weighted by Gasteiger charge is 2.21. The van der Waals surface area contributed by atoms with Gasteiger partial charge in [0.25, 0.3) is 0 Å². The molecule has 1 aromatic carbocycles. The van der Waals surface area contributed by atoms with Crippen LogP contribution in [0.5, 0.6) is 0 Å². The Balaban J connectivity index is 2.76. The number of nitrogen functional groups attached to an aromatic ring is 1. The smallest absolute Gasteiger partial charge is 0.178 e. The van der Waals surface area contributed by atoms with Crippen LogP contribution in [-0.4, -0.2) is 24.4 Å². The first-order valence-corrected chi connectivity index (χ1v) is 8.49. The molecule has 0 saturated carbocycles. The fraction of sp³-hybridized carbons (Fsp3) is 0.182. The molecule has 3 N–H and O–H groups in total. The zero-order valence-corrected chi connectivity index (χ0v) is 13.7. The van der Waals surface area contributed by atoms with Crippen LogP contribution in [0.3, 0.4) is 0 Å². The van der Waals surface area contributed by atoms with Gasteiger partial charge >= 0.3 is 0 Å². The maximum atomic E-state index is 12.1. The molecule has 0 bridgehead atoms. The van der Waals surface area contributed by atoms with Crippen molar-refractivity contribution in [3.63, 3.8) is 0 Å². The van der Waals surface area contributed by atoms with Crippen molar-refractivity contribution in [2.24, 2.45) is 0 Å². The molecule has 19 heavy (non-hydrogen) atoms. The third-order valence-electron chi connectivity index (χ3n) is 2.66. The van der Waals surface area contributed by atoms with E-state index < -0.39 is 9.84 Å². The zero-order chi connectivity index (χ0) is 14.2. The van der Waals surface area contributed by atoms with Gasteiger partial charge in [0.1, 0.15) is 0 Å². The van der Waals surface area contributed by atoms with Gasteiger partial charge in [0.2, 0.25) is 0 Å². The Morgan fingerprint density at radius 2 is 2.16 bits per heavy atom. The van der Waals surface area contributed by atoms with Crippen molar-refractivity contribution < 1.29 is 8.42 Å². The predicted molar refractivity (Wildman–Crippen MR) is 83.9 cm³/mol. The lowest BCUT2D eigenvalue weighted by molar-refractivity contribution is 0.597. The predicted octanol–water partition coefficient (Wildman–Crippen LogP) is 2.71. The molecule has 0 amide bonds. The van der Waals surface area contributed by atoms with E-state index in [1.54, 1.807) is 19.1 Å².